The second-order valence-corrected chi connectivity index (χ2v) is 8.70. The van der Waals surface area contributed by atoms with E-state index in [9.17, 15) is 9.59 Å². The summed E-state index contributed by atoms with van der Waals surface area (Å²) in [6.07, 6.45) is 7.60. The van der Waals surface area contributed by atoms with E-state index < -0.39 is 25.5 Å². The van der Waals surface area contributed by atoms with E-state index in [2.05, 4.69) is 13.8 Å². The van der Waals surface area contributed by atoms with Gasteiger partial charge in [-0.1, -0.05) is 0 Å². The van der Waals surface area contributed by atoms with E-state index in [0.29, 0.717) is 0 Å². The van der Waals surface area contributed by atoms with Crippen molar-refractivity contribution in [3.8, 4) is 0 Å². The van der Waals surface area contributed by atoms with Crippen LogP contribution in [-0.2, 0) is 40.4 Å². The summed E-state index contributed by atoms with van der Waals surface area (Å²) in [6.45, 7) is 8.23. The van der Waals surface area contributed by atoms with Gasteiger partial charge in [-0.15, -0.1) is 0 Å². The molecule has 0 rings (SSSR count). The van der Waals surface area contributed by atoms with Crippen LogP contribution in [0.4, 0.5) is 0 Å². The van der Waals surface area contributed by atoms with E-state index in [1.165, 1.54) is 0 Å². The predicted octanol–water partition coefficient (Wildman–Crippen LogP) is 4.42. The number of carbonyl (C=O) groups excluding carboxylic acids is 2. The SMILES string of the molecule is CCCCC(CC)C(=O)[O][Hg][O]C(=O)C(CC)CCCC. The molecule has 2 unspecified atom stereocenters. The van der Waals surface area contributed by atoms with Crippen molar-refractivity contribution < 1.29 is 40.4 Å². The maximum absolute atomic E-state index is 11.9. The van der Waals surface area contributed by atoms with Crippen molar-refractivity contribution in [2.24, 2.45) is 11.8 Å². The first-order valence-corrected chi connectivity index (χ1v) is 12.9. The Balaban J connectivity index is 4.04. The van der Waals surface area contributed by atoms with Gasteiger partial charge in [-0.2, -0.15) is 0 Å². The molecule has 0 saturated carbocycles. The normalized spacial score (nSPS) is 13.1. The van der Waals surface area contributed by atoms with Crippen LogP contribution in [0.3, 0.4) is 0 Å². The van der Waals surface area contributed by atoms with Crippen LogP contribution >= 0.6 is 0 Å². The second-order valence-electron chi connectivity index (χ2n) is 5.54. The molecule has 0 heterocycles. The summed E-state index contributed by atoms with van der Waals surface area (Å²) in [6, 6.07) is 0. The average molecular weight is 487 g/mol. The Morgan fingerprint density at radius 1 is 0.810 bits per heavy atom. The van der Waals surface area contributed by atoms with Crippen LogP contribution in [-0.4, -0.2) is 11.9 Å². The van der Waals surface area contributed by atoms with Crippen LogP contribution in [0.2, 0.25) is 0 Å². The summed E-state index contributed by atoms with van der Waals surface area (Å²) in [7, 11) is 0. The standard InChI is InChI=1S/2C8H16O2.Hg/c2*1-3-5-6-7(4-2)8(9)10;/h2*7H,3-6H2,1-2H3,(H,9,10);/q;;+2/p-2. The fourth-order valence-corrected chi connectivity index (χ4v) is 5.22. The molecule has 21 heavy (non-hydrogen) atoms. The molecule has 0 spiro atoms. The molecule has 0 aliphatic heterocycles. The molecule has 0 aliphatic rings. The van der Waals surface area contributed by atoms with Gasteiger partial charge in [-0.05, 0) is 0 Å². The van der Waals surface area contributed by atoms with Crippen molar-refractivity contribution >= 4 is 11.9 Å². The Morgan fingerprint density at radius 2 is 1.19 bits per heavy atom. The molecule has 120 valence electrons. The molecule has 4 nitrogen and oxygen atoms in total. The molecule has 0 aliphatic carbocycles. The van der Waals surface area contributed by atoms with Crippen molar-refractivity contribution in [2.45, 2.75) is 79.1 Å². The molecule has 0 N–H and O–H groups in total. The van der Waals surface area contributed by atoms with Gasteiger partial charge in [0.1, 0.15) is 0 Å². The first kappa shape index (κ1) is 20.9. The van der Waals surface area contributed by atoms with Gasteiger partial charge in [0, 0.05) is 0 Å². The summed E-state index contributed by atoms with van der Waals surface area (Å²) < 4.78 is 10.6. The Bertz CT molecular complexity index is 266. The quantitative estimate of drug-likeness (QED) is 0.383. The van der Waals surface area contributed by atoms with E-state index in [-0.39, 0.29) is 23.8 Å². The number of carbonyl (C=O) groups is 2. The van der Waals surface area contributed by atoms with Gasteiger partial charge in [-0.25, -0.2) is 0 Å². The summed E-state index contributed by atoms with van der Waals surface area (Å²) in [4.78, 5) is 23.8. The Morgan fingerprint density at radius 3 is 1.48 bits per heavy atom. The molecule has 0 saturated heterocycles. The Hall–Kier alpha value is -0.125. The first-order valence-electron chi connectivity index (χ1n) is 8.43. The van der Waals surface area contributed by atoms with E-state index in [4.69, 9.17) is 5.29 Å². The van der Waals surface area contributed by atoms with Gasteiger partial charge in [-0.3, -0.25) is 0 Å². The van der Waals surface area contributed by atoms with Crippen molar-refractivity contribution in [1.82, 2.24) is 0 Å². The van der Waals surface area contributed by atoms with Crippen molar-refractivity contribution in [1.29, 1.82) is 0 Å². The third-order valence-corrected chi connectivity index (χ3v) is 7.00. The van der Waals surface area contributed by atoms with Crippen LogP contribution in [0.1, 0.15) is 79.1 Å². The molecule has 0 fully saturated rings. The van der Waals surface area contributed by atoms with E-state index in [1.807, 2.05) is 13.8 Å². The van der Waals surface area contributed by atoms with Crippen LogP contribution in [0.5, 0.6) is 0 Å². The molecular weight excluding hydrogens is 457 g/mol. The van der Waals surface area contributed by atoms with E-state index in [1.54, 1.807) is 0 Å². The number of hydrogen-bond acceptors (Lipinski definition) is 4. The molecule has 0 bridgehead atoms. The summed E-state index contributed by atoms with van der Waals surface area (Å²) >= 11 is -2.31. The van der Waals surface area contributed by atoms with Crippen LogP contribution in [0.25, 0.3) is 0 Å². The third kappa shape index (κ3) is 9.49. The zero-order valence-corrected chi connectivity index (χ0v) is 19.6. The molecule has 0 aromatic heterocycles. The van der Waals surface area contributed by atoms with Crippen LogP contribution < -0.4 is 0 Å². The van der Waals surface area contributed by atoms with Gasteiger partial charge in [0.15, 0.2) is 0 Å². The van der Waals surface area contributed by atoms with Crippen LogP contribution in [0.15, 0.2) is 0 Å². The van der Waals surface area contributed by atoms with Crippen LogP contribution in [0, 0.1) is 11.8 Å². The molecule has 5 heteroatoms. The predicted molar refractivity (Wildman–Crippen MR) is 78.8 cm³/mol. The molecule has 0 radical (unpaired) electrons. The Kier molecular flexibility index (Phi) is 13.5. The van der Waals surface area contributed by atoms with E-state index in [0.717, 1.165) is 51.4 Å². The third-order valence-electron chi connectivity index (χ3n) is 3.87. The van der Waals surface area contributed by atoms with Gasteiger partial charge in [0.2, 0.25) is 0 Å². The minimum absolute atomic E-state index is 0.0225. The first-order chi connectivity index (χ1) is 10.1. The molecular formula is C16H30HgO4. The van der Waals surface area contributed by atoms with Gasteiger partial charge in [0.05, 0.1) is 0 Å². The van der Waals surface area contributed by atoms with Gasteiger partial charge >= 0.3 is 143 Å². The number of hydrogen-bond donors (Lipinski definition) is 0. The fourth-order valence-electron chi connectivity index (χ4n) is 2.26. The number of unbranched alkanes of at least 4 members (excludes halogenated alkanes) is 2. The van der Waals surface area contributed by atoms with Gasteiger partial charge < -0.3 is 0 Å². The van der Waals surface area contributed by atoms with Gasteiger partial charge in [0.25, 0.3) is 0 Å². The number of rotatable bonds is 12. The van der Waals surface area contributed by atoms with Crippen molar-refractivity contribution in [3.63, 3.8) is 0 Å². The summed E-state index contributed by atoms with van der Waals surface area (Å²) in [5, 5.41) is 0. The molecule has 0 aromatic rings. The maximum atomic E-state index is 11.9. The molecule has 2 atom stereocenters. The zero-order valence-electron chi connectivity index (χ0n) is 14.2. The van der Waals surface area contributed by atoms with Crippen molar-refractivity contribution in [3.05, 3.63) is 0 Å². The van der Waals surface area contributed by atoms with Crippen molar-refractivity contribution in [2.75, 3.05) is 0 Å². The topological polar surface area (TPSA) is 52.6 Å². The minimum atomic E-state index is -2.31. The zero-order chi connectivity index (χ0) is 16.1. The Labute approximate surface area is 143 Å². The molecule has 0 amide bonds. The van der Waals surface area contributed by atoms with E-state index >= 15 is 0 Å². The summed E-state index contributed by atoms with van der Waals surface area (Å²) in [5.41, 5.74) is 0. The summed E-state index contributed by atoms with van der Waals surface area (Å²) in [5.74, 6) is -0.347. The average Bonchev–Trinajstić information content (AvgIpc) is 2.48. The monoisotopic (exact) mass is 488 g/mol. The molecule has 0 aromatic carbocycles. The second kappa shape index (κ2) is 13.5. The fraction of sp³-hybridized carbons (Fsp3) is 0.875.